The van der Waals surface area contributed by atoms with Gasteiger partial charge in [0.1, 0.15) is 0 Å². The first kappa shape index (κ1) is 18.8. The fraction of sp³-hybridized carbons (Fsp3) is 0.143. The fourth-order valence-corrected chi connectivity index (χ4v) is 3.34. The zero-order chi connectivity index (χ0) is 20.5. The molecule has 0 bridgehead atoms. The van der Waals surface area contributed by atoms with Crippen molar-refractivity contribution in [2.75, 3.05) is 17.3 Å². The number of amides is 1. The second kappa shape index (κ2) is 7.46. The summed E-state index contributed by atoms with van der Waals surface area (Å²) in [5.41, 5.74) is 2.18. The number of pyridine rings is 1. The third-order valence-electron chi connectivity index (χ3n) is 4.76. The van der Waals surface area contributed by atoms with Gasteiger partial charge in [-0.15, -0.1) is 0 Å². The van der Waals surface area contributed by atoms with Crippen LogP contribution in [0.15, 0.2) is 48.8 Å². The number of aromatic nitrogens is 1. The maximum atomic E-state index is 14.7. The summed E-state index contributed by atoms with van der Waals surface area (Å²) in [6.07, 6.45) is 3.33. The number of nitrogens with one attached hydrogen (secondary N) is 1. The molecule has 0 fully saturated rings. The number of halogens is 3. The Morgan fingerprint density at radius 2 is 1.90 bits per heavy atom. The molecular weight excluding hydrogens is 383 g/mol. The van der Waals surface area contributed by atoms with Crippen LogP contribution in [0.1, 0.15) is 21.5 Å². The molecule has 2 heterocycles. The first-order valence-electron chi connectivity index (χ1n) is 8.79. The van der Waals surface area contributed by atoms with Crippen molar-refractivity contribution in [2.45, 2.75) is 13.1 Å². The average Bonchev–Trinajstić information content (AvgIpc) is 3.07. The van der Waals surface area contributed by atoms with Gasteiger partial charge in [-0.2, -0.15) is 4.39 Å². The van der Waals surface area contributed by atoms with Crippen molar-refractivity contribution in [1.82, 2.24) is 4.98 Å². The molecule has 1 aromatic heterocycles. The second-order valence-corrected chi connectivity index (χ2v) is 6.48. The molecule has 0 atom stereocenters. The van der Waals surface area contributed by atoms with Crippen LogP contribution in [0, 0.1) is 17.5 Å². The zero-order valence-electron chi connectivity index (χ0n) is 15.4. The number of carbonyl (C=O) groups is 1. The van der Waals surface area contributed by atoms with E-state index in [0.717, 1.165) is 17.6 Å². The van der Waals surface area contributed by atoms with E-state index in [4.69, 9.17) is 0 Å². The Morgan fingerprint density at radius 3 is 2.62 bits per heavy atom. The molecule has 29 heavy (non-hydrogen) atoms. The molecule has 4 rings (SSSR count). The summed E-state index contributed by atoms with van der Waals surface area (Å²) < 4.78 is 47.0. The molecule has 1 aliphatic heterocycles. The van der Waals surface area contributed by atoms with Gasteiger partial charge in [-0.3, -0.25) is 9.78 Å². The normalized spacial score (nSPS) is 12.8. The lowest BCUT2D eigenvalue weighted by atomic mass is 10.1. The summed E-state index contributed by atoms with van der Waals surface area (Å²) in [5, 5.41) is 3.19. The first-order valence-corrected chi connectivity index (χ1v) is 8.79. The van der Waals surface area contributed by atoms with Crippen LogP contribution in [0.2, 0.25) is 0 Å². The highest BCUT2D eigenvalue weighted by Crippen LogP contribution is 2.38. The lowest BCUT2D eigenvalue weighted by Gasteiger charge is -2.19. The number of benzene rings is 2. The van der Waals surface area contributed by atoms with E-state index in [0.29, 0.717) is 29.4 Å². The van der Waals surface area contributed by atoms with Crippen molar-refractivity contribution in [2.24, 2.45) is 0 Å². The number of rotatable bonds is 5. The van der Waals surface area contributed by atoms with E-state index in [-0.39, 0.29) is 12.2 Å². The Hall–Kier alpha value is -3.55. The van der Waals surface area contributed by atoms with Gasteiger partial charge in [-0.25, -0.2) is 8.78 Å². The summed E-state index contributed by atoms with van der Waals surface area (Å²) in [6, 6.07) is 9.59. The van der Waals surface area contributed by atoms with E-state index in [9.17, 15) is 18.0 Å². The van der Waals surface area contributed by atoms with Gasteiger partial charge in [0.15, 0.2) is 17.4 Å². The Bertz CT molecular complexity index is 1090. The smallest absolute Gasteiger partial charge is 0.261 e. The molecule has 0 aliphatic carbocycles. The number of hydrogen-bond donors (Lipinski definition) is 1. The zero-order valence-corrected chi connectivity index (χ0v) is 15.4. The highest BCUT2D eigenvalue weighted by molar-refractivity contribution is 6.13. The molecule has 0 spiro atoms. The maximum absolute atomic E-state index is 14.7. The number of hydrogen-bond acceptors (Lipinski definition) is 4. The number of carbonyl (C=O) groups excluding carboxylic acids is 1. The molecule has 1 N–H and O–H groups in total. The minimum absolute atomic E-state index is 0.0318. The van der Waals surface area contributed by atoms with Crippen molar-refractivity contribution >= 4 is 17.3 Å². The highest BCUT2D eigenvalue weighted by atomic mass is 19.2. The number of fused-ring (bicyclic) bond motifs is 1. The number of nitrogens with zero attached hydrogens (tertiary/aromatic N) is 2. The molecule has 1 amide bonds. The first-order chi connectivity index (χ1) is 14.0. The van der Waals surface area contributed by atoms with Crippen LogP contribution in [0.4, 0.5) is 24.5 Å². The van der Waals surface area contributed by atoms with Crippen LogP contribution in [0.25, 0.3) is 0 Å². The Morgan fingerprint density at radius 1 is 1.14 bits per heavy atom. The number of methoxy groups -OCH3 is 1. The van der Waals surface area contributed by atoms with Gasteiger partial charge in [0.2, 0.25) is 5.82 Å². The maximum Gasteiger partial charge on any atom is 0.261 e. The van der Waals surface area contributed by atoms with Gasteiger partial charge in [0.25, 0.3) is 5.91 Å². The summed E-state index contributed by atoms with van der Waals surface area (Å²) in [4.78, 5) is 18.1. The second-order valence-electron chi connectivity index (χ2n) is 6.48. The molecular formula is C21H16F3N3O2. The predicted molar refractivity (Wildman–Crippen MR) is 101 cm³/mol. The van der Waals surface area contributed by atoms with E-state index >= 15 is 0 Å². The summed E-state index contributed by atoms with van der Waals surface area (Å²) in [5.74, 6) is -5.22. The lowest BCUT2D eigenvalue weighted by molar-refractivity contribution is 0.0996. The summed E-state index contributed by atoms with van der Waals surface area (Å²) >= 11 is 0. The van der Waals surface area contributed by atoms with E-state index in [1.54, 1.807) is 30.6 Å². The third-order valence-corrected chi connectivity index (χ3v) is 4.76. The fourth-order valence-electron chi connectivity index (χ4n) is 3.34. The topological polar surface area (TPSA) is 54.5 Å². The van der Waals surface area contributed by atoms with E-state index in [2.05, 4.69) is 15.0 Å². The molecule has 148 valence electrons. The minimum Gasteiger partial charge on any atom is -0.491 e. The van der Waals surface area contributed by atoms with E-state index in [1.807, 2.05) is 12.1 Å². The van der Waals surface area contributed by atoms with Gasteiger partial charge in [0.05, 0.1) is 24.9 Å². The van der Waals surface area contributed by atoms with Gasteiger partial charge in [-0.05, 0) is 29.3 Å². The molecule has 0 unspecified atom stereocenters. The Labute approximate surface area is 164 Å². The number of anilines is 2. The van der Waals surface area contributed by atoms with Crippen LogP contribution < -0.4 is 15.0 Å². The minimum atomic E-state index is -1.43. The van der Waals surface area contributed by atoms with Crippen molar-refractivity contribution in [1.29, 1.82) is 0 Å². The molecule has 5 nitrogen and oxygen atoms in total. The van der Waals surface area contributed by atoms with Gasteiger partial charge >= 0.3 is 0 Å². The summed E-state index contributed by atoms with van der Waals surface area (Å²) in [7, 11) is 1.03. The predicted octanol–water partition coefficient (Wildman–Crippen LogP) is 4.28. The van der Waals surface area contributed by atoms with E-state index in [1.165, 1.54) is 0 Å². The van der Waals surface area contributed by atoms with Gasteiger partial charge in [-0.1, -0.05) is 12.1 Å². The monoisotopic (exact) mass is 399 g/mol. The van der Waals surface area contributed by atoms with E-state index < -0.39 is 29.1 Å². The quantitative estimate of drug-likeness (QED) is 0.651. The van der Waals surface area contributed by atoms with Crippen molar-refractivity contribution in [3.63, 3.8) is 0 Å². The molecule has 0 saturated carbocycles. The SMILES string of the molecule is COc1c(F)c(F)cc(N2Cc3cccc(NCc4ccncc4)c3C2=O)c1F. The Balaban J connectivity index is 1.67. The average molecular weight is 399 g/mol. The van der Waals surface area contributed by atoms with Crippen LogP contribution in [0.3, 0.4) is 0 Å². The van der Waals surface area contributed by atoms with Crippen molar-refractivity contribution < 1.29 is 22.7 Å². The molecule has 0 saturated heterocycles. The van der Waals surface area contributed by atoms with Crippen LogP contribution in [0.5, 0.6) is 5.75 Å². The molecule has 8 heteroatoms. The van der Waals surface area contributed by atoms with Crippen LogP contribution in [-0.4, -0.2) is 18.0 Å². The molecule has 2 aromatic carbocycles. The van der Waals surface area contributed by atoms with Gasteiger partial charge < -0.3 is 15.0 Å². The molecule has 1 aliphatic rings. The standard InChI is InChI=1S/C21H16F3N3O2/c1-29-20-18(23)14(22)9-16(19(20)24)27-11-13-3-2-4-15(17(13)21(27)28)26-10-12-5-7-25-8-6-12/h2-9,26H,10-11H2,1H3. The molecule has 0 radical (unpaired) electrons. The largest absolute Gasteiger partial charge is 0.491 e. The van der Waals surface area contributed by atoms with Crippen molar-refractivity contribution in [3.05, 3.63) is 82.9 Å². The van der Waals surface area contributed by atoms with Crippen molar-refractivity contribution in [3.8, 4) is 5.75 Å². The van der Waals surface area contributed by atoms with Crippen LogP contribution >= 0.6 is 0 Å². The summed E-state index contributed by atoms with van der Waals surface area (Å²) in [6.45, 7) is 0.490. The van der Waals surface area contributed by atoms with Gasteiger partial charge in [0, 0.05) is 30.7 Å². The van der Waals surface area contributed by atoms with Crippen LogP contribution in [-0.2, 0) is 13.1 Å². The highest BCUT2D eigenvalue weighted by Gasteiger charge is 2.34. The lowest BCUT2D eigenvalue weighted by Crippen LogP contribution is -2.25. The number of ether oxygens (including phenoxy) is 1. The molecule has 3 aromatic rings. The Kier molecular flexibility index (Phi) is 4.84. The third kappa shape index (κ3) is 3.26.